The number of benzene rings is 2. The summed E-state index contributed by atoms with van der Waals surface area (Å²) in [4.78, 5) is 12.5. The van der Waals surface area contributed by atoms with E-state index in [0.717, 1.165) is 33.3 Å². The van der Waals surface area contributed by atoms with Gasteiger partial charge in [-0.2, -0.15) is 0 Å². The van der Waals surface area contributed by atoms with E-state index in [1.165, 1.54) is 0 Å². The Morgan fingerprint density at radius 2 is 1.67 bits per heavy atom. The Balaban J connectivity index is 2.02. The van der Waals surface area contributed by atoms with Crippen molar-refractivity contribution in [3.8, 4) is 11.5 Å². The Morgan fingerprint density at radius 3 is 2.19 bits per heavy atom. The summed E-state index contributed by atoms with van der Waals surface area (Å²) < 4.78 is 12.0. The van der Waals surface area contributed by atoms with Crippen LogP contribution >= 0.6 is 15.9 Å². The van der Waals surface area contributed by atoms with Crippen LogP contribution in [0.15, 0.2) is 40.9 Å². The fourth-order valence-corrected chi connectivity index (χ4v) is 3.19. The first-order chi connectivity index (χ1) is 12.8. The van der Waals surface area contributed by atoms with Crippen LogP contribution in [0.4, 0.5) is 0 Å². The summed E-state index contributed by atoms with van der Waals surface area (Å²) in [5.41, 5.74) is 3.23. The van der Waals surface area contributed by atoms with Crippen LogP contribution in [0.25, 0.3) is 0 Å². The molecular formula is C22H28BrNO3. The van der Waals surface area contributed by atoms with E-state index >= 15 is 0 Å². The average Bonchev–Trinajstić information content (AvgIpc) is 2.63. The van der Waals surface area contributed by atoms with E-state index < -0.39 is 0 Å². The molecule has 0 aliphatic carbocycles. The molecule has 27 heavy (non-hydrogen) atoms. The highest BCUT2D eigenvalue weighted by molar-refractivity contribution is 9.10. The maximum atomic E-state index is 12.5. The van der Waals surface area contributed by atoms with Gasteiger partial charge in [-0.05, 0) is 67.1 Å². The summed E-state index contributed by atoms with van der Waals surface area (Å²) >= 11 is 3.54. The SMILES string of the molecule is COc1ccc([C@H](CC(C)C)NC(=O)COc2cc(C)c(Br)c(C)c2)cc1. The highest BCUT2D eigenvalue weighted by Crippen LogP contribution is 2.27. The average molecular weight is 434 g/mol. The van der Waals surface area contributed by atoms with Gasteiger partial charge < -0.3 is 14.8 Å². The lowest BCUT2D eigenvalue weighted by molar-refractivity contribution is -0.124. The van der Waals surface area contributed by atoms with Crippen LogP contribution in [-0.2, 0) is 4.79 Å². The third-order valence-electron chi connectivity index (χ3n) is 4.34. The lowest BCUT2D eigenvalue weighted by Crippen LogP contribution is -2.33. The Kier molecular flexibility index (Phi) is 7.72. The maximum absolute atomic E-state index is 12.5. The minimum Gasteiger partial charge on any atom is -0.497 e. The number of halogens is 1. The minimum atomic E-state index is -0.130. The van der Waals surface area contributed by atoms with Crippen molar-refractivity contribution in [1.29, 1.82) is 0 Å². The van der Waals surface area contributed by atoms with Crippen LogP contribution in [0.1, 0.15) is 43.0 Å². The highest BCUT2D eigenvalue weighted by Gasteiger charge is 2.17. The van der Waals surface area contributed by atoms with E-state index in [9.17, 15) is 4.79 Å². The normalized spacial score (nSPS) is 12.0. The van der Waals surface area contributed by atoms with Gasteiger partial charge in [0.1, 0.15) is 11.5 Å². The molecule has 4 nitrogen and oxygen atoms in total. The number of methoxy groups -OCH3 is 1. The smallest absolute Gasteiger partial charge is 0.258 e. The van der Waals surface area contributed by atoms with Gasteiger partial charge in [-0.3, -0.25) is 4.79 Å². The van der Waals surface area contributed by atoms with Gasteiger partial charge in [-0.25, -0.2) is 0 Å². The molecule has 1 N–H and O–H groups in total. The molecule has 146 valence electrons. The van der Waals surface area contributed by atoms with Crippen LogP contribution in [0.5, 0.6) is 11.5 Å². The van der Waals surface area contributed by atoms with E-state index in [1.54, 1.807) is 7.11 Å². The van der Waals surface area contributed by atoms with Crippen molar-refractivity contribution in [2.75, 3.05) is 13.7 Å². The molecule has 2 aromatic carbocycles. The minimum absolute atomic E-state index is 0.00867. The molecule has 0 saturated carbocycles. The van der Waals surface area contributed by atoms with Crippen LogP contribution < -0.4 is 14.8 Å². The molecule has 5 heteroatoms. The van der Waals surface area contributed by atoms with Crippen LogP contribution in [0.2, 0.25) is 0 Å². The van der Waals surface area contributed by atoms with Gasteiger partial charge in [0, 0.05) is 4.47 Å². The molecule has 0 saturated heterocycles. The number of hydrogen-bond donors (Lipinski definition) is 1. The van der Waals surface area contributed by atoms with E-state index in [-0.39, 0.29) is 18.6 Å². The Labute approximate surface area is 170 Å². The van der Waals surface area contributed by atoms with Gasteiger partial charge in [-0.1, -0.05) is 41.9 Å². The zero-order valence-corrected chi connectivity index (χ0v) is 18.2. The number of rotatable bonds is 8. The first-order valence-electron chi connectivity index (χ1n) is 9.13. The molecule has 0 spiro atoms. The van der Waals surface area contributed by atoms with Gasteiger partial charge in [0.15, 0.2) is 6.61 Å². The molecule has 0 aromatic heterocycles. The van der Waals surface area contributed by atoms with Crippen molar-refractivity contribution in [3.63, 3.8) is 0 Å². The van der Waals surface area contributed by atoms with Crippen molar-refractivity contribution in [2.24, 2.45) is 5.92 Å². The van der Waals surface area contributed by atoms with E-state index in [4.69, 9.17) is 9.47 Å². The third kappa shape index (κ3) is 6.28. The number of hydrogen-bond acceptors (Lipinski definition) is 3. The largest absolute Gasteiger partial charge is 0.497 e. The van der Waals surface area contributed by atoms with Gasteiger partial charge >= 0.3 is 0 Å². The highest BCUT2D eigenvalue weighted by atomic mass is 79.9. The second-order valence-electron chi connectivity index (χ2n) is 7.18. The van der Waals surface area contributed by atoms with Crippen molar-refractivity contribution in [2.45, 2.75) is 40.2 Å². The van der Waals surface area contributed by atoms with E-state index in [1.807, 2.05) is 50.2 Å². The summed E-state index contributed by atoms with van der Waals surface area (Å²) in [7, 11) is 1.64. The first kappa shape index (κ1) is 21.3. The maximum Gasteiger partial charge on any atom is 0.258 e. The fraction of sp³-hybridized carbons (Fsp3) is 0.409. The quantitative estimate of drug-likeness (QED) is 0.609. The Bertz CT molecular complexity index is 749. The van der Waals surface area contributed by atoms with Crippen LogP contribution in [-0.4, -0.2) is 19.6 Å². The van der Waals surface area contributed by atoms with Crippen molar-refractivity contribution in [3.05, 3.63) is 57.6 Å². The fourth-order valence-electron chi connectivity index (χ4n) is 2.96. The van der Waals surface area contributed by atoms with E-state index in [2.05, 4.69) is 35.1 Å². The van der Waals surface area contributed by atoms with Crippen molar-refractivity contribution in [1.82, 2.24) is 5.32 Å². The molecular weight excluding hydrogens is 406 g/mol. The lowest BCUT2D eigenvalue weighted by Gasteiger charge is -2.21. The lowest BCUT2D eigenvalue weighted by atomic mass is 9.97. The third-order valence-corrected chi connectivity index (χ3v) is 5.59. The summed E-state index contributed by atoms with van der Waals surface area (Å²) in [5.74, 6) is 1.83. The van der Waals surface area contributed by atoms with Crippen molar-refractivity contribution < 1.29 is 14.3 Å². The second-order valence-corrected chi connectivity index (χ2v) is 7.98. The molecule has 1 amide bonds. The Morgan fingerprint density at radius 1 is 1.07 bits per heavy atom. The molecule has 2 rings (SSSR count). The predicted octanol–water partition coefficient (Wildman–Crippen LogP) is 5.36. The zero-order valence-electron chi connectivity index (χ0n) is 16.6. The summed E-state index contributed by atoms with van der Waals surface area (Å²) in [6.45, 7) is 8.29. The molecule has 0 aliphatic rings. The molecule has 0 bridgehead atoms. The van der Waals surface area contributed by atoms with Crippen LogP contribution in [0.3, 0.4) is 0 Å². The molecule has 0 heterocycles. The van der Waals surface area contributed by atoms with Gasteiger partial charge in [0.2, 0.25) is 0 Å². The Hall–Kier alpha value is -2.01. The number of amides is 1. The van der Waals surface area contributed by atoms with Gasteiger partial charge in [0.25, 0.3) is 5.91 Å². The van der Waals surface area contributed by atoms with Gasteiger partial charge in [0.05, 0.1) is 13.2 Å². The molecule has 1 atom stereocenters. The summed E-state index contributed by atoms with van der Waals surface area (Å²) in [6, 6.07) is 11.6. The second kappa shape index (κ2) is 9.79. The number of aryl methyl sites for hydroxylation is 2. The zero-order chi connectivity index (χ0) is 20.0. The van der Waals surface area contributed by atoms with Gasteiger partial charge in [-0.15, -0.1) is 0 Å². The number of nitrogens with one attached hydrogen (secondary N) is 1. The number of carbonyl (C=O) groups is 1. The molecule has 0 aliphatic heterocycles. The van der Waals surface area contributed by atoms with Crippen LogP contribution in [0, 0.1) is 19.8 Å². The first-order valence-corrected chi connectivity index (χ1v) is 9.92. The molecule has 2 aromatic rings. The number of ether oxygens (including phenoxy) is 2. The summed E-state index contributed by atoms with van der Waals surface area (Å²) in [6.07, 6.45) is 0.856. The van der Waals surface area contributed by atoms with Crippen molar-refractivity contribution >= 4 is 21.8 Å². The number of carbonyl (C=O) groups excluding carboxylic acids is 1. The molecule has 0 unspecified atom stereocenters. The molecule has 0 fully saturated rings. The van der Waals surface area contributed by atoms with E-state index in [0.29, 0.717) is 11.7 Å². The monoisotopic (exact) mass is 433 g/mol. The molecule has 0 radical (unpaired) electrons. The summed E-state index contributed by atoms with van der Waals surface area (Å²) in [5, 5.41) is 3.10. The standard InChI is InChI=1S/C22H28BrNO3/c1-14(2)10-20(17-6-8-18(26-5)9-7-17)24-21(25)13-27-19-11-15(3)22(23)16(4)12-19/h6-9,11-12,14,20H,10,13H2,1-5H3,(H,24,25)/t20-/m0/s1. The predicted molar refractivity (Wildman–Crippen MR) is 112 cm³/mol. The topological polar surface area (TPSA) is 47.6 Å².